The first kappa shape index (κ1) is 15.9. The molecule has 0 radical (unpaired) electrons. The van der Waals surface area contributed by atoms with E-state index in [9.17, 15) is 10.2 Å². The van der Waals surface area contributed by atoms with Crippen molar-refractivity contribution in [1.82, 2.24) is 4.90 Å². The molecular formula is C13H29NO2. The second-order valence-corrected chi connectivity index (χ2v) is 5.14. The summed E-state index contributed by atoms with van der Waals surface area (Å²) in [6.07, 6.45) is 2.39. The molecule has 0 fully saturated rings. The fourth-order valence-corrected chi connectivity index (χ4v) is 1.91. The molecule has 0 aromatic rings. The van der Waals surface area contributed by atoms with E-state index in [-0.39, 0.29) is 18.6 Å². The lowest BCUT2D eigenvalue weighted by atomic mass is 9.91. The lowest BCUT2D eigenvalue weighted by Crippen LogP contribution is -2.42. The zero-order chi connectivity index (χ0) is 12.6. The van der Waals surface area contributed by atoms with Gasteiger partial charge in [0, 0.05) is 18.5 Å². The van der Waals surface area contributed by atoms with Gasteiger partial charge in [0.25, 0.3) is 0 Å². The lowest BCUT2D eigenvalue weighted by molar-refractivity contribution is 0.0318. The maximum atomic E-state index is 9.29. The van der Waals surface area contributed by atoms with Crippen LogP contribution in [0.1, 0.15) is 40.5 Å². The van der Waals surface area contributed by atoms with Crippen LogP contribution < -0.4 is 0 Å². The highest BCUT2D eigenvalue weighted by Crippen LogP contribution is 2.18. The first-order chi connectivity index (χ1) is 7.55. The summed E-state index contributed by atoms with van der Waals surface area (Å²) in [5.41, 5.74) is -0.373. The summed E-state index contributed by atoms with van der Waals surface area (Å²) in [6.45, 7) is 11.4. The number of nitrogens with zero attached hydrogens (tertiary/aromatic N) is 1. The summed E-state index contributed by atoms with van der Waals surface area (Å²) in [5, 5.41) is 18.6. The molecule has 0 bridgehead atoms. The summed E-state index contributed by atoms with van der Waals surface area (Å²) in [7, 11) is 0. The molecule has 0 unspecified atom stereocenters. The number of rotatable bonds is 9. The molecule has 0 amide bonds. The molecule has 98 valence electrons. The highest BCUT2D eigenvalue weighted by atomic mass is 16.3. The molecule has 3 heteroatoms. The van der Waals surface area contributed by atoms with E-state index in [0.717, 1.165) is 25.6 Å². The molecule has 0 aromatic heterocycles. The van der Waals surface area contributed by atoms with E-state index in [4.69, 9.17) is 0 Å². The molecular weight excluding hydrogens is 202 g/mol. The summed E-state index contributed by atoms with van der Waals surface area (Å²) in [6, 6.07) is 0. The van der Waals surface area contributed by atoms with Gasteiger partial charge in [-0.15, -0.1) is 0 Å². The first-order valence-electron chi connectivity index (χ1n) is 6.49. The third-order valence-corrected chi connectivity index (χ3v) is 3.49. The van der Waals surface area contributed by atoms with Gasteiger partial charge in [-0.05, 0) is 12.5 Å². The van der Waals surface area contributed by atoms with Crippen LogP contribution in [0.15, 0.2) is 0 Å². The van der Waals surface area contributed by atoms with Crippen LogP contribution in [0.25, 0.3) is 0 Å². The average molecular weight is 231 g/mol. The minimum absolute atomic E-state index is 0.0446. The van der Waals surface area contributed by atoms with Gasteiger partial charge in [0.05, 0.1) is 13.2 Å². The van der Waals surface area contributed by atoms with Crippen molar-refractivity contribution < 1.29 is 10.2 Å². The van der Waals surface area contributed by atoms with Gasteiger partial charge in [0.2, 0.25) is 0 Å². The van der Waals surface area contributed by atoms with Crippen molar-refractivity contribution in [3.05, 3.63) is 0 Å². The predicted molar refractivity (Wildman–Crippen MR) is 68.5 cm³/mol. The van der Waals surface area contributed by atoms with Crippen molar-refractivity contribution >= 4 is 0 Å². The quantitative estimate of drug-likeness (QED) is 0.635. The molecule has 0 aliphatic heterocycles. The van der Waals surface area contributed by atoms with Crippen molar-refractivity contribution in [3.63, 3.8) is 0 Å². The van der Waals surface area contributed by atoms with Gasteiger partial charge >= 0.3 is 0 Å². The zero-order valence-electron chi connectivity index (χ0n) is 11.4. The topological polar surface area (TPSA) is 43.7 Å². The standard InChI is InChI=1S/C13H29NO2/c1-5-12(6-2)8-14(7-3)9-13(4,10-15)11-16/h12,15-16H,5-11H2,1-4H3. The van der Waals surface area contributed by atoms with Crippen LogP contribution in [0.4, 0.5) is 0 Å². The monoisotopic (exact) mass is 231 g/mol. The first-order valence-corrected chi connectivity index (χ1v) is 6.49. The third-order valence-electron chi connectivity index (χ3n) is 3.49. The van der Waals surface area contributed by atoms with Crippen LogP contribution in [-0.4, -0.2) is 48.0 Å². The van der Waals surface area contributed by atoms with Gasteiger partial charge in [-0.1, -0.05) is 40.5 Å². The Bertz CT molecular complexity index is 165. The Morgan fingerprint density at radius 1 is 1.06 bits per heavy atom. The Morgan fingerprint density at radius 2 is 1.56 bits per heavy atom. The zero-order valence-corrected chi connectivity index (χ0v) is 11.4. The van der Waals surface area contributed by atoms with Crippen LogP contribution in [0.5, 0.6) is 0 Å². The van der Waals surface area contributed by atoms with Crippen molar-refractivity contribution in [2.75, 3.05) is 32.8 Å². The molecule has 0 atom stereocenters. The van der Waals surface area contributed by atoms with Gasteiger partial charge < -0.3 is 15.1 Å². The maximum Gasteiger partial charge on any atom is 0.0519 e. The minimum Gasteiger partial charge on any atom is -0.396 e. The molecule has 3 nitrogen and oxygen atoms in total. The lowest BCUT2D eigenvalue weighted by Gasteiger charge is -2.34. The Balaban J connectivity index is 4.28. The average Bonchev–Trinajstić information content (AvgIpc) is 2.34. The molecule has 2 N–H and O–H groups in total. The van der Waals surface area contributed by atoms with Gasteiger partial charge in [-0.3, -0.25) is 0 Å². The smallest absolute Gasteiger partial charge is 0.0519 e. The molecule has 0 aliphatic carbocycles. The van der Waals surface area contributed by atoms with Gasteiger partial charge in [-0.25, -0.2) is 0 Å². The number of aliphatic hydroxyl groups excluding tert-OH is 2. The normalized spacial score (nSPS) is 12.8. The Hall–Kier alpha value is -0.120. The molecule has 0 spiro atoms. The van der Waals surface area contributed by atoms with E-state index >= 15 is 0 Å². The van der Waals surface area contributed by atoms with Gasteiger partial charge in [0.15, 0.2) is 0 Å². The summed E-state index contributed by atoms with van der Waals surface area (Å²) in [4.78, 5) is 2.34. The van der Waals surface area contributed by atoms with Crippen LogP contribution in [0, 0.1) is 11.3 Å². The second-order valence-electron chi connectivity index (χ2n) is 5.14. The van der Waals surface area contributed by atoms with Crippen molar-refractivity contribution in [2.45, 2.75) is 40.5 Å². The van der Waals surface area contributed by atoms with Crippen molar-refractivity contribution in [3.8, 4) is 0 Å². The SMILES string of the molecule is CCC(CC)CN(CC)CC(C)(CO)CO. The molecule has 0 aromatic carbocycles. The van der Waals surface area contributed by atoms with Gasteiger partial charge in [-0.2, -0.15) is 0 Å². The molecule has 0 saturated carbocycles. The number of hydrogen-bond donors (Lipinski definition) is 2. The minimum atomic E-state index is -0.373. The highest BCUT2D eigenvalue weighted by molar-refractivity contribution is 4.77. The molecule has 0 rings (SSSR count). The summed E-state index contributed by atoms with van der Waals surface area (Å²) in [5.74, 6) is 0.724. The predicted octanol–water partition coefficient (Wildman–Crippen LogP) is 1.74. The van der Waals surface area contributed by atoms with E-state index in [2.05, 4.69) is 25.7 Å². The summed E-state index contributed by atoms with van der Waals surface area (Å²) >= 11 is 0. The van der Waals surface area contributed by atoms with E-state index in [0.29, 0.717) is 0 Å². The van der Waals surface area contributed by atoms with Crippen LogP contribution >= 0.6 is 0 Å². The van der Waals surface area contributed by atoms with E-state index < -0.39 is 0 Å². The van der Waals surface area contributed by atoms with Crippen molar-refractivity contribution in [1.29, 1.82) is 0 Å². The maximum absolute atomic E-state index is 9.29. The summed E-state index contributed by atoms with van der Waals surface area (Å²) < 4.78 is 0. The fourth-order valence-electron chi connectivity index (χ4n) is 1.91. The van der Waals surface area contributed by atoms with Crippen molar-refractivity contribution in [2.24, 2.45) is 11.3 Å². The fraction of sp³-hybridized carbons (Fsp3) is 1.00. The van der Waals surface area contributed by atoms with Crippen LogP contribution in [0.3, 0.4) is 0 Å². The molecule has 16 heavy (non-hydrogen) atoms. The van der Waals surface area contributed by atoms with E-state index in [1.54, 1.807) is 0 Å². The molecule has 0 aliphatic rings. The van der Waals surface area contributed by atoms with E-state index in [1.165, 1.54) is 12.8 Å². The second kappa shape index (κ2) is 8.04. The molecule has 0 saturated heterocycles. The molecule has 0 heterocycles. The number of aliphatic hydroxyl groups is 2. The Labute approximate surface area is 100 Å². The highest BCUT2D eigenvalue weighted by Gasteiger charge is 2.25. The largest absolute Gasteiger partial charge is 0.396 e. The van der Waals surface area contributed by atoms with E-state index in [1.807, 2.05) is 6.92 Å². The Morgan fingerprint density at radius 3 is 1.88 bits per heavy atom. The van der Waals surface area contributed by atoms with Crippen LogP contribution in [0.2, 0.25) is 0 Å². The Kier molecular flexibility index (Phi) is 7.98. The number of hydrogen-bond acceptors (Lipinski definition) is 3. The van der Waals surface area contributed by atoms with Gasteiger partial charge in [0.1, 0.15) is 0 Å². The van der Waals surface area contributed by atoms with Crippen LogP contribution in [-0.2, 0) is 0 Å². The third kappa shape index (κ3) is 5.28.